The van der Waals surface area contributed by atoms with Gasteiger partial charge in [-0.1, -0.05) is 0 Å². The number of hydrogen-bond donors (Lipinski definition) is 0. The second-order valence-corrected chi connectivity index (χ2v) is 13.2. The van der Waals surface area contributed by atoms with Crippen molar-refractivity contribution < 1.29 is 0 Å². The molecule has 0 amide bonds. The average molecular weight is 327 g/mol. The minimum atomic E-state index is -1.89. The van der Waals surface area contributed by atoms with Crippen molar-refractivity contribution in [3.05, 3.63) is 18.7 Å². The minimum absolute atomic E-state index is 1.32. The van der Waals surface area contributed by atoms with Crippen LogP contribution in [-0.4, -0.2) is 34.0 Å². The van der Waals surface area contributed by atoms with Gasteiger partial charge in [-0.05, 0) is 0 Å². The van der Waals surface area contributed by atoms with Crippen LogP contribution in [0.25, 0.3) is 0 Å². The van der Waals surface area contributed by atoms with Crippen molar-refractivity contribution in [2.24, 2.45) is 0 Å². The quantitative estimate of drug-likeness (QED) is 0.383. The molecule has 0 fully saturated rings. The molecular formula is C19H39N2P. The third-order valence-corrected chi connectivity index (χ3v) is 12.9. The van der Waals surface area contributed by atoms with Crippen LogP contribution < -0.4 is 0 Å². The van der Waals surface area contributed by atoms with Gasteiger partial charge in [0.05, 0.1) is 0 Å². The molecule has 0 radical (unpaired) electrons. The summed E-state index contributed by atoms with van der Waals surface area (Å²) in [5.41, 5.74) is 0. The van der Waals surface area contributed by atoms with Gasteiger partial charge in [0.15, 0.2) is 0 Å². The number of hydrogen-bond acceptors (Lipinski definition) is 1. The first-order chi connectivity index (χ1) is 10.7. The third kappa shape index (κ3) is 4.57. The van der Waals surface area contributed by atoms with Crippen molar-refractivity contribution >= 4 is 6.75 Å². The van der Waals surface area contributed by atoms with Crippen molar-refractivity contribution in [2.45, 2.75) is 79.1 Å². The van der Waals surface area contributed by atoms with Gasteiger partial charge in [-0.15, -0.1) is 0 Å². The Morgan fingerprint density at radius 3 is 1.41 bits per heavy atom. The van der Waals surface area contributed by atoms with E-state index in [-0.39, 0.29) is 0 Å². The van der Waals surface area contributed by atoms with E-state index in [9.17, 15) is 0 Å². The van der Waals surface area contributed by atoms with E-state index in [0.717, 1.165) is 0 Å². The molecule has 22 heavy (non-hydrogen) atoms. The van der Waals surface area contributed by atoms with Crippen LogP contribution in [0.15, 0.2) is 18.7 Å². The fourth-order valence-corrected chi connectivity index (χ4v) is 11.5. The molecule has 0 unspecified atom stereocenters. The van der Waals surface area contributed by atoms with Gasteiger partial charge in [0, 0.05) is 0 Å². The fourth-order valence-electron chi connectivity index (χ4n) is 3.98. The predicted octanol–water partition coefficient (Wildman–Crippen LogP) is 6.40. The number of aromatic nitrogens is 2. The van der Waals surface area contributed by atoms with Gasteiger partial charge in [0.2, 0.25) is 0 Å². The fraction of sp³-hybridized carbons (Fsp3) is 0.842. The maximum absolute atomic E-state index is 4.46. The number of imidazole rings is 1. The Hall–Kier alpha value is -0.360. The zero-order chi connectivity index (χ0) is 16.3. The SMILES string of the molecule is CCCCP(CCCC)(CCCC)(CCCC)n1ccnc1. The molecular weight excluding hydrogens is 287 g/mol. The molecule has 0 spiro atoms. The number of rotatable bonds is 13. The predicted molar refractivity (Wildman–Crippen MR) is 104 cm³/mol. The van der Waals surface area contributed by atoms with Gasteiger partial charge in [0.1, 0.15) is 0 Å². The molecule has 130 valence electrons. The molecule has 0 bridgehead atoms. The van der Waals surface area contributed by atoms with Crippen LogP contribution in [0.4, 0.5) is 0 Å². The van der Waals surface area contributed by atoms with E-state index in [1.54, 1.807) is 0 Å². The molecule has 1 aromatic rings. The van der Waals surface area contributed by atoms with E-state index in [0.29, 0.717) is 0 Å². The molecule has 2 nitrogen and oxygen atoms in total. The van der Waals surface area contributed by atoms with Crippen molar-refractivity contribution in [3.63, 3.8) is 0 Å². The Labute approximate surface area is 139 Å². The van der Waals surface area contributed by atoms with E-state index in [1.807, 2.05) is 6.20 Å². The van der Waals surface area contributed by atoms with Gasteiger partial charge in [-0.2, -0.15) is 0 Å². The molecule has 0 N–H and O–H groups in total. The van der Waals surface area contributed by atoms with Crippen LogP contribution in [-0.2, 0) is 0 Å². The first kappa shape index (κ1) is 19.7. The molecule has 0 aliphatic carbocycles. The topological polar surface area (TPSA) is 17.8 Å². The van der Waals surface area contributed by atoms with Crippen LogP contribution in [0, 0.1) is 0 Å². The zero-order valence-electron chi connectivity index (χ0n) is 15.6. The third-order valence-electron chi connectivity index (χ3n) is 5.49. The van der Waals surface area contributed by atoms with Crippen molar-refractivity contribution in [1.29, 1.82) is 0 Å². The van der Waals surface area contributed by atoms with Gasteiger partial charge >= 0.3 is 139 Å². The molecule has 1 aromatic heterocycles. The summed E-state index contributed by atoms with van der Waals surface area (Å²) in [5, 5.41) is 0. The van der Waals surface area contributed by atoms with Crippen LogP contribution in [0.3, 0.4) is 0 Å². The summed E-state index contributed by atoms with van der Waals surface area (Å²) in [7, 11) is 0. The standard InChI is InChI=1S/C19H39N2P/c1-5-9-15-22(16-10-6-2,17-11-7-3,18-12-8-4)21-14-13-20-19-21/h13-14,19H,5-12,15-18H2,1-4H3. The van der Waals surface area contributed by atoms with E-state index < -0.39 is 6.75 Å². The van der Waals surface area contributed by atoms with E-state index in [2.05, 4.69) is 49.5 Å². The van der Waals surface area contributed by atoms with Crippen molar-refractivity contribution in [2.75, 3.05) is 24.6 Å². The summed E-state index contributed by atoms with van der Waals surface area (Å²) in [6.07, 6.45) is 23.0. The molecule has 1 rings (SSSR count). The van der Waals surface area contributed by atoms with Gasteiger partial charge in [0.25, 0.3) is 0 Å². The van der Waals surface area contributed by atoms with Crippen molar-refractivity contribution in [1.82, 2.24) is 9.32 Å². The summed E-state index contributed by atoms with van der Waals surface area (Å²) < 4.78 is 2.66. The summed E-state index contributed by atoms with van der Waals surface area (Å²) in [4.78, 5) is 4.46. The van der Waals surface area contributed by atoms with Gasteiger partial charge in [-0.3, -0.25) is 0 Å². The molecule has 0 saturated carbocycles. The zero-order valence-corrected chi connectivity index (χ0v) is 16.5. The Bertz CT molecular complexity index is 343. The first-order valence-electron chi connectivity index (χ1n) is 9.66. The number of nitrogens with zero attached hydrogens (tertiary/aromatic N) is 2. The Kier molecular flexibility index (Phi) is 8.69. The molecule has 0 atom stereocenters. The summed E-state index contributed by atoms with van der Waals surface area (Å²) in [6.45, 7) is 7.49. The Morgan fingerprint density at radius 2 is 1.14 bits per heavy atom. The molecule has 0 aliphatic rings. The molecule has 1 heterocycles. The molecule has 0 saturated heterocycles. The average Bonchev–Trinajstić information content (AvgIpc) is 3.10. The van der Waals surface area contributed by atoms with Gasteiger partial charge < -0.3 is 0 Å². The summed E-state index contributed by atoms with van der Waals surface area (Å²) >= 11 is 0. The van der Waals surface area contributed by atoms with Crippen LogP contribution in [0.5, 0.6) is 0 Å². The maximum atomic E-state index is 4.46. The Morgan fingerprint density at radius 1 is 0.727 bits per heavy atom. The monoisotopic (exact) mass is 326 g/mol. The normalized spacial score (nSPS) is 13.9. The molecule has 0 aliphatic heterocycles. The molecule has 3 heteroatoms. The second-order valence-electron chi connectivity index (χ2n) is 7.16. The molecule has 0 aromatic carbocycles. The van der Waals surface area contributed by atoms with E-state index in [1.165, 1.54) is 76.0 Å². The van der Waals surface area contributed by atoms with Gasteiger partial charge in [-0.25, -0.2) is 0 Å². The van der Waals surface area contributed by atoms with Crippen LogP contribution in [0.2, 0.25) is 0 Å². The van der Waals surface area contributed by atoms with E-state index >= 15 is 0 Å². The summed E-state index contributed by atoms with van der Waals surface area (Å²) in [6, 6.07) is 0. The summed E-state index contributed by atoms with van der Waals surface area (Å²) in [5.74, 6) is 0. The van der Waals surface area contributed by atoms with Crippen molar-refractivity contribution in [3.8, 4) is 0 Å². The Balaban J connectivity index is 3.28. The van der Waals surface area contributed by atoms with Crippen LogP contribution >= 0.6 is 6.75 Å². The van der Waals surface area contributed by atoms with Crippen LogP contribution in [0.1, 0.15) is 79.1 Å². The first-order valence-corrected chi connectivity index (χ1v) is 12.6. The second kappa shape index (κ2) is 9.71. The number of unbranched alkanes of at least 4 members (excludes halogenated alkanes) is 4. The van der Waals surface area contributed by atoms with E-state index in [4.69, 9.17) is 0 Å².